The van der Waals surface area contributed by atoms with Gasteiger partial charge >= 0.3 is 0 Å². The first-order valence-electron chi connectivity index (χ1n) is 6.95. The van der Waals surface area contributed by atoms with Crippen molar-refractivity contribution in [3.63, 3.8) is 0 Å². The summed E-state index contributed by atoms with van der Waals surface area (Å²) in [5.41, 5.74) is 9.30. The number of nitrogens with two attached hydrogens (primary N) is 1. The molecule has 22 heavy (non-hydrogen) atoms. The summed E-state index contributed by atoms with van der Waals surface area (Å²) in [6.45, 7) is 0. The summed E-state index contributed by atoms with van der Waals surface area (Å²) in [6.07, 6.45) is 0. The van der Waals surface area contributed by atoms with Crippen molar-refractivity contribution in [3.05, 3.63) is 60.7 Å². The van der Waals surface area contributed by atoms with Crippen molar-refractivity contribution in [2.75, 3.05) is 5.73 Å². The number of benzene rings is 2. The second kappa shape index (κ2) is 4.96. The van der Waals surface area contributed by atoms with Crippen molar-refractivity contribution in [1.82, 2.24) is 20.2 Å². The summed E-state index contributed by atoms with van der Waals surface area (Å²) in [5.74, 6) is 1.12. The Morgan fingerprint density at radius 1 is 0.773 bits per heavy atom. The number of hydrogen-bond acceptors (Lipinski definition) is 4. The van der Waals surface area contributed by atoms with Gasteiger partial charge in [0.15, 0.2) is 11.5 Å². The molecule has 0 aliphatic rings. The van der Waals surface area contributed by atoms with Crippen LogP contribution in [0.5, 0.6) is 0 Å². The highest BCUT2D eigenvalue weighted by Gasteiger charge is 2.15. The largest absolute Gasteiger partial charge is 0.383 e. The van der Waals surface area contributed by atoms with Gasteiger partial charge in [-0.25, -0.2) is 9.97 Å². The summed E-state index contributed by atoms with van der Waals surface area (Å²) in [6, 6.07) is 19.8. The van der Waals surface area contributed by atoms with Crippen LogP contribution in [0.1, 0.15) is 0 Å². The molecule has 0 atom stereocenters. The second-order valence-electron chi connectivity index (χ2n) is 4.96. The Bertz CT molecular complexity index is 929. The highest BCUT2D eigenvalue weighted by Crippen LogP contribution is 2.30. The SMILES string of the molecule is Nc1[nH]nc2nc(-c3ccccc3)nc(-c3ccccc3)c12. The number of hydrogen-bond donors (Lipinski definition) is 2. The molecule has 0 saturated heterocycles. The van der Waals surface area contributed by atoms with Gasteiger partial charge in [0.2, 0.25) is 0 Å². The van der Waals surface area contributed by atoms with E-state index < -0.39 is 0 Å². The molecule has 2 aromatic heterocycles. The van der Waals surface area contributed by atoms with Crippen LogP contribution < -0.4 is 5.73 Å². The van der Waals surface area contributed by atoms with E-state index in [4.69, 9.17) is 10.7 Å². The molecular formula is C17H13N5. The summed E-state index contributed by atoms with van der Waals surface area (Å²) < 4.78 is 0. The summed E-state index contributed by atoms with van der Waals surface area (Å²) in [7, 11) is 0. The molecule has 2 heterocycles. The molecule has 0 unspecified atom stereocenters. The van der Waals surface area contributed by atoms with Gasteiger partial charge in [0.1, 0.15) is 5.82 Å². The Morgan fingerprint density at radius 3 is 2.09 bits per heavy atom. The quantitative estimate of drug-likeness (QED) is 0.593. The minimum Gasteiger partial charge on any atom is -0.383 e. The zero-order valence-corrected chi connectivity index (χ0v) is 11.7. The van der Waals surface area contributed by atoms with E-state index in [2.05, 4.69) is 15.2 Å². The number of anilines is 1. The number of nitrogens with zero attached hydrogens (tertiary/aromatic N) is 3. The number of rotatable bonds is 2. The molecule has 5 heteroatoms. The lowest BCUT2D eigenvalue weighted by Gasteiger charge is -2.06. The van der Waals surface area contributed by atoms with Gasteiger partial charge in [-0.05, 0) is 0 Å². The number of aromatic nitrogens is 4. The van der Waals surface area contributed by atoms with Crippen LogP contribution in [0.2, 0.25) is 0 Å². The minimum absolute atomic E-state index is 0.480. The molecule has 0 bridgehead atoms. The van der Waals surface area contributed by atoms with Crippen molar-refractivity contribution in [3.8, 4) is 22.6 Å². The van der Waals surface area contributed by atoms with E-state index in [0.717, 1.165) is 22.2 Å². The number of nitrogens with one attached hydrogen (secondary N) is 1. The van der Waals surface area contributed by atoms with Gasteiger partial charge in [0.25, 0.3) is 0 Å². The average Bonchev–Trinajstić information content (AvgIpc) is 2.97. The van der Waals surface area contributed by atoms with E-state index in [1.165, 1.54) is 0 Å². The third-order valence-corrected chi connectivity index (χ3v) is 3.52. The number of fused-ring (bicyclic) bond motifs is 1. The first-order chi connectivity index (χ1) is 10.8. The average molecular weight is 287 g/mol. The first-order valence-corrected chi connectivity index (χ1v) is 6.95. The van der Waals surface area contributed by atoms with Crippen molar-refractivity contribution < 1.29 is 0 Å². The van der Waals surface area contributed by atoms with Crippen molar-refractivity contribution in [2.45, 2.75) is 0 Å². The Hall–Kier alpha value is -3.21. The smallest absolute Gasteiger partial charge is 0.187 e. The Labute approximate surface area is 126 Å². The van der Waals surface area contributed by atoms with Crippen molar-refractivity contribution in [2.24, 2.45) is 0 Å². The molecule has 4 rings (SSSR count). The summed E-state index contributed by atoms with van der Waals surface area (Å²) in [4.78, 5) is 9.24. The van der Waals surface area contributed by atoms with Gasteiger partial charge in [0, 0.05) is 11.1 Å². The van der Waals surface area contributed by atoms with Gasteiger partial charge in [0.05, 0.1) is 11.1 Å². The maximum atomic E-state index is 6.01. The molecule has 0 aliphatic carbocycles. The lowest BCUT2D eigenvalue weighted by atomic mass is 10.1. The second-order valence-corrected chi connectivity index (χ2v) is 4.96. The number of nitrogen functional groups attached to an aromatic ring is 1. The Balaban J connectivity index is 2.03. The van der Waals surface area contributed by atoms with E-state index in [0.29, 0.717) is 17.3 Å². The highest BCUT2D eigenvalue weighted by atomic mass is 15.2. The molecule has 3 N–H and O–H groups in total. The zero-order valence-electron chi connectivity index (χ0n) is 11.7. The van der Waals surface area contributed by atoms with Crippen LogP contribution in [0.3, 0.4) is 0 Å². The standard InChI is InChI=1S/C17H13N5/c18-15-13-14(11-7-3-1-4-8-11)19-16(20-17(13)22-21-15)12-9-5-2-6-10-12/h1-10H,(H3,18,19,20,21,22). The summed E-state index contributed by atoms with van der Waals surface area (Å²) in [5, 5.41) is 7.74. The molecule has 4 aromatic rings. The molecule has 0 spiro atoms. The van der Waals surface area contributed by atoms with Crippen molar-refractivity contribution >= 4 is 16.9 Å². The fourth-order valence-electron chi connectivity index (χ4n) is 2.47. The van der Waals surface area contributed by atoms with Gasteiger partial charge in [-0.3, -0.25) is 5.10 Å². The fourth-order valence-corrected chi connectivity index (χ4v) is 2.47. The van der Waals surface area contributed by atoms with Gasteiger partial charge in [-0.1, -0.05) is 60.7 Å². The van der Waals surface area contributed by atoms with Crippen LogP contribution in [0.15, 0.2) is 60.7 Å². The molecule has 0 radical (unpaired) electrons. The van der Waals surface area contributed by atoms with Gasteiger partial charge in [-0.15, -0.1) is 0 Å². The van der Waals surface area contributed by atoms with Crippen LogP contribution >= 0.6 is 0 Å². The number of H-pyrrole nitrogens is 1. The third-order valence-electron chi connectivity index (χ3n) is 3.52. The predicted molar refractivity (Wildman–Crippen MR) is 87.0 cm³/mol. The van der Waals surface area contributed by atoms with Crippen LogP contribution in [-0.4, -0.2) is 20.2 Å². The van der Waals surface area contributed by atoms with Crippen LogP contribution in [0, 0.1) is 0 Å². The first kappa shape index (κ1) is 12.5. The Morgan fingerprint density at radius 2 is 1.41 bits per heavy atom. The molecule has 0 amide bonds. The molecule has 5 nitrogen and oxygen atoms in total. The van der Waals surface area contributed by atoms with Crippen molar-refractivity contribution in [1.29, 1.82) is 0 Å². The minimum atomic E-state index is 0.480. The zero-order chi connectivity index (χ0) is 14.9. The monoisotopic (exact) mass is 287 g/mol. The van der Waals surface area contributed by atoms with Gasteiger partial charge in [-0.2, -0.15) is 5.10 Å². The highest BCUT2D eigenvalue weighted by molar-refractivity contribution is 5.98. The van der Waals surface area contributed by atoms with E-state index in [-0.39, 0.29) is 0 Å². The molecular weight excluding hydrogens is 274 g/mol. The maximum absolute atomic E-state index is 6.01. The number of aromatic amines is 1. The van der Waals surface area contributed by atoms with E-state index in [1.54, 1.807) is 0 Å². The lowest BCUT2D eigenvalue weighted by Crippen LogP contribution is -1.95. The molecule has 0 fully saturated rings. The van der Waals surface area contributed by atoms with E-state index in [1.807, 2.05) is 60.7 Å². The molecule has 106 valence electrons. The molecule has 2 aromatic carbocycles. The van der Waals surface area contributed by atoms with Gasteiger partial charge < -0.3 is 5.73 Å². The van der Waals surface area contributed by atoms with E-state index in [9.17, 15) is 0 Å². The predicted octanol–water partition coefficient (Wildman–Crippen LogP) is 3.27. The fraction of sp³-hybridized carbons (Fsp3) is 0. The van der Waals surface area contributed by atoms with Crippen LogP contribution in [-0.2, 0) is 0 Å². The summed E-state index contributed by atoms with van der Waals surface area (Å²) >= 11 is 0. The Kier molecular flexibility index (Phi) is 2.83. The molecule has 0 aliphatic heterocycles. The topological polar surface area (TPSA) is 80.5 Å². The maximum Gasteiger partial charge on any atom is 0.187 e. The van der Waals surface area contributed by atoms with E-state index >= 15 is 0 Å². The molecule has 0 saturated carbocycles. The van der Waals surface area contributed by atoms with Crippen LogP contribution in [0.25, 0.3) is 33.7 Å². The van der Waals surface area contributed by atoms with Crippen LogP contribution in [0.4, 0.5) is 5.82 Å². The normalized spacial score (nSPS) is 10.9. The lowest BCUT2D eigenvalue weighted by molar-refractivity contribution is 1.10. The third kappa shape index (κ3) is 2.00.